The maximum atomic E-state index is 11.4. The highest BCUT2D eigenvalue weighted by molar-refractivity contribution is 5.78. The standard InChI is InChI=1S/C16H23NO3/c1-4-9-17(11-18)15(16(19)20)14-7-5-13(6-8-14)10-12(2)3/h5-8,11-12,15H,4,9-10H2,1-3H3,(H,19,20). The molecule has 0 aliphatic rings. The Balaban J connectivity index is 2.97. The van der Waals surface area contributed by atoms with E-state index in [1.54, 1.807) is 0 Å². The Hall–Kier alpha value is -1.84. The van der Waals surface area contributed by atoms with Crippen LogP contribution in [0.25, 0.3) is 0 Å². The summed E-state index contributed by atoms with van der Waals surface area (Å²) in [5, 5.41) is 9.37. The van der Waals surface area contributed by atoms with Gasteiger partial charge in [0.1, 0.15) is 0 Å². The third kappa shape index (κ3) is 4.37. The quantitative estimate of drug-likeness (QED) is 0.743. The molecule has 0 heterocycles. The van der Waals surface area contributed by atoms with Crippen molar-refractivity contribution in [3.63, 3.8) is 0 Å². The van der Waals surface area contributed by atoms with E-state index in [0.29, 0.717) is 24.4 Å². The average molecular weight is 277 g/mol. The molecule has 1 rings (SSSR count). The molecule has 0 radical (unpaired) electrons. The molecule has 110 valence electrons. The van der Waals surface area contributed by atoms with Gasteiger partial charge in [0.25, 0.3) is 0 Å². The summed E-state index contributed by atoms with van der Waals surface area (Å²) < 4.78 is 0. The lowest BCUT2D eigenvalue weighted by Gasteiger charge is -2.25. The van der Waals surface area contributed by atoms with Crippen molar-refractivity contribution in [2.75, 3.05) is 6.54 Å². The third-order valence-electron chi connectivity index (χ3n) is 3.12. The monoisotopic (exact) mass is 277 g/mol. The van der Waals surface area contributed by atoms with Gasteiger partial charge in [-0.3, -0.25) is 4.79 Å². The van der Waals surface area contributed by atoms with E-state index in [4.69, 9.17) is 0 Å². The molecule has 1 unspecified atom stereocenters. The number of aliphatic carboxylic acids is 1. The van der Waals surface area contributed by atoms with E-state index in [2.05, 4.69) is 13.8 Å². The van der Waals surface area contributed by atoms with Gasteiger partial charge in [-0.2, -0.15) is 0 Å². The van der Waals surface area contributed by atoms with Gasteiger partial charge in [0.15, 0.2) is 6.04 Å². The number of carbonyl (C=O) groups is 2. The van der Waals surface area contributed by atoms with Crippen molar-refractivity contribution >= 4 is 12.4 Å². The Morgan fingerprint density at radius 2 is 1.90 bits per heavy atom. The number of nitrogens with zero attached hydrogens (tertiary/aromatic N) is 1. The maximum absolute atomic E-state index is 11.4. The van der Waals surface area contributed by atoms with Crippen LogP contribution < -0.4 is 0 Å². The summed E-state index contributed by atoms with van der Waals surface area (Å²) in [6.07, 6.45) is 2.31. The molecule has 1 amide bonds. The summed E-state index contributed by atoms with van der Waals surface area (Å²) in [5.74, 6) is -0.440. The van der Waals surface area contributed by atoms with Crippen LogP contribution in [0.3, 0.4) is 0 Å². The second kappa shape index (κ2) is 7.68. The lowest BCUT2D eigenvalue weighted by atomic mass is 9.99. The summed E-state index contributed by atoms with van der Waals surface area (Å²) in [6, 6.07) is 6.60. The van der Waals surface area contributed by atoms with E-state index in [-0.39, 0.29) is 0 Å². The molecule has 0 aliphatic heterocycles. The Kier molecular flexibility index (Phi) is 6.22. The predicted molar refractivity (Wildman–Crippen MR) is 78.4 cm³/mol. The Morgan fingerprint density at radius 3 is 2.30 bits per heavy atom. The first-order valence-electron chi connectivity index (χ1n) is 7.02. The highest BCUT2D eigenvalue weighted by Crippen LogP contribution is 2.21. The van der Waals surface area contributed by atoms with E-state index >= 15 is 0 Å². The van der Waals surface area contributed by atoms with Gasteiger partial charge in [-0.15, -0.1) is 0 Å². The van der Waals surface area contributed by atoms with Crippen molar-refractivity contribution in [2.24, 2.45) is 5.92 Å². The molecule has 0 spiro atoms. The van der Waals surface area contributed by atoms with Crippen molar-refractivity contribution in [2.45, 2.75) is 39.7 Å². The van der Waals surface area contributed by atoms with E-state index in [9.17, 15) is 14.7 Å². The zero-order chi connectivity index (χ0) is 15.1. The largest absolute Gasteiger partial charge is 0.479 e. The van der Waals surface area contributed by atoms with Gasteiger partial charge in [0, 0.05) is 6.54 Å². The smallest absolute Gasteiger partial charge is 0.331 e. The fraction of sp³-hybridized carbons (Fsp3) is 0.500. The molecule has 0 fully saturated rings. The molecule has 20 heavy (non-hydrogen) atoms. The third-order valence-corrected chi connectivity index (χ3v) is 3.12. The lowest BCUT2D eigenvalue weighted by Crippen LogP contribution is -2.33. The number of amides is 1. The highest BCUT2D eigenvalue weighted by Gasteiger charge is 2.25. The minimum atomic E-state index is -0.998. The van der Waals surface area contributed by atoms with Crippen LogP contribution in [0.5, 0.6) is 0 Å². The molecule has 1 aromatic rings. The second-order valence-corrected chi connectivity index (χ2v) is 5.42. The number of carboxylic acid groups (broad SMARTS) is 1. The molecular formula is C16H23NO3. The topological polar surface area (TPSA) is 57.6 Å². The van der Waals surface area contributed by atoms with E-state index in [1.165, 1.54) is 10.5 Å². The van der Waals surface area contributed by atoms with Crippen molar-refractivity contribution in [3.05, 3.63) is 35.4 Å². The summed E-state index contributed by atoms with van der Waals surface area (Å²) in [7, 11) is 0. The van der Waals surface area contributed by atoms with E-state index in [0.717, 1.165) is 12.8 Å². The van der Waals surface area contributed by atoms with Gasteiger partial charge in [-0.25, -0.2) is 4.79 Å². The van der Waals surface area contributed by atoms with E-state index in [1.807, 2.05) is 31.2 Å². The number of carboxylic acids is 1. The van der Waals surface area contributed by atoms with Crippen LogP contribution in [0, 0.1) is 5.92 Å². The van der Waals surface area contributed by atoms with Crippen molar-refractivity contribution in [1.82, 2.24) is 4.90 Å². The van der Waals surface area contributed by atoms with Crippen LogP contribution in [-0.4, -0.2) is 28.9 Å². The first-order chi connectivity index (χ1) is 9.49. The molecule has 1 aromatic carbocycles. The van der Waals surface area contributed by atoms with Crippen LogP contribution in [0.15, 0.2) is 24.3 Å². The van der Waals surface area contributed by atoms with Crippen LogP contribution in [-0.2, 0) is 16.0 Å². The fourth-order valence-corrected chi connectivity index (χ4v) is 2.28. The van der Waals surface area contributed by atoms with Gasteiger partial charge >= 0.3 is 5.97 Å². The minimum Gasteiger partial charge on any atom is -0.479 e. The summed E-state index contributed by atoms with van der Waals surface area (Å²) in [5.41, 5.74) is 1.83. The van der Waals surface area contributed by atoms with Crippen LogP contribution in [0.4, 0.5) is 0 Å². The zero-order valence-corrected chi connectivity index (χ0v) is 12.4. The highest BCUT2D eigenvalue weighted by atomic mass is 16.4. The SMILES string of the molecule is CCCN(C=O)C(C(=O)O)c1ccc(CC(C)C)cc1. The number of carbonyl (C=O) groups excluding carboxylic acids is 1. The van der Waals surface area contributed by atoms with Gasteiger partial charge in [0.05, 0.1) is 0 Å². The molecule has 0 saturated heterocycles. The number of hydrogen-bond donors (Lipinski definition) is 1. The Bertz CT molecular complexity index is 440. The summed E-state index contributed by atoms with van der Waals surface area (Å²) >= 11 is 0. The zero-order valence-electron chi connectivity index (χ0n) is 12.4. The second-order valence-electron chi connectivity index (χ2n) is 5.42. The molecule has 4 nitrogen and oxygen atoms in total. The molecule has 1 N–H and O–H groups in total. The lowest BCUT2D eigenvalue weighted by molar-refractivity contribution is -0.146. The molecule has 0 saturated carbocycles. The molecule has 0 aromatic heterocycles. The van der Waals surface area contributed by atoms with Crippen LogP contribution in [0.1, 0.15) is 44.4 Å². The summed E-state index contributed by atoms with van der Waals surface area (Å²) in [4.78, 5) is 23.9. The molecule has 0 aliphatic carbocycles. The van der Waals surface area contributed by atoms with Gasteiger partial charge in [0.2, 0.25) is 6.41 Å². The van der Waals surface area contributed by atoms with E-state index < -0.39 is 12.0 Å². The van der Waals surface area contributed by atoms with Crippen molar-refractivity contribution in [3.8, 4) is 0 Å². The Labute approximate surface area is 120 Å². The Morgan fingerprint density at radius 1 is 1.30 bits per heavy atom. The van der Waals surface area contributed by atoms with Gasteiger partial charge in [-0.05, 0) is 29.9 Å². The normalized spacial score (nSPS) is 12.2. The number of benzene rings is 1. The molecule has 4 heteroatoms. The predicted octanol–water partition coefficient (Wildman–Crippen LogP) is 2.88. The van der Waals surface area contributed by atoms with Crippen LogP contribution in [0.2, 0.25) is 0 Å². The maximum Gasteiger partial charge on any atom is 0.331 e. The average Bonchev–Trinajstić information content (AvgIpc) is 2.39. The fourth-order valence-electron chi connectivity index (χ4n) is 2.28. The van der Waals surface area contributed by atoms with Crippen molar-refractivity contribution < 1.29 is 14.7 Å². The first-order valence-corrected chi connectivity index (χ1v) is 7.02. The molecular weight excluding hydrogens is 254 g/mol. The molecule has 0 bridgehead atoms. The van der Waals surface area contributed by atoms with Gasteiger partial charge < -0.3 is 10.0 Å². The first kappa shape index (κ1) is 16.2. The van der Waals surface area contributed by atoms with Gasteiger partial charge in [-0.1, -0.05) is 45.0 Å². The van der Waals surface area contributed by atoms with Crippen LogP contribution >= 0.6 is 0 Å². The number of rotatable bonds is 8. The summed E-state index contributed by atoms with van der Waals surface area (Å²) in [6.45, 7) is 6.64. The molecule has 1 atom stereocenters. The minimum absolute atomic E-state index is 0.439. The van der Waals surface area contributed by atoms with Crippen molar-refractivity contribution in [1.29, 1.82) is 0 Å². The number of hydrogen-bond acceptors (Lipinski definition) is 2.